The highest BCUT2D eigenvalue weighted by molar-refractivity contribution is 6.52. The minimum Gasteiger partial charge on any atom is -0.507 e. The van der Waals surface area contributed by atoms with Gasteiger partial charge in [0.1, 0.15) is 23.1 Å². The molecule has 0 bridgehead atoms. The number of methoxy groups -OCH3 is 1. The zero-order valence-corrected chi connectivity index (χ0v) is 20.2. The molecule has 3 aromatic rings. The summed E-state index contributed by atoms with van der Waals surface area (Å²) >= 11 is 12.3. The largest absolute Gasteiger partial charge is 0.507 e. The number of nitrogens with zero attached hydrogens (tertiary/aromatic N) is 1. The summed E-state index contributed by atoms with van der Waals surface area (Å²) in [5.41, 5.74) is 0.499. The predicted octanol–water partition coefficient (Wildman–Crippen LogP) is 6.17. The van der Waals surface area contributed by atoms with Gasteiger partial charge in [-0.25, -0.2) is 4.39 Å². The maximum absolute atomic E-state index is 13.9. The van der Waals surface area contributed by atoms with E-state index >= 15 is 0 Å². The summed E-state index contributed by atoms with van der Waals surface area (Å²) < 4.78 is 24.8. The Balaban J connectivity index is 2.00. The van der Waals surface area contributed by atoms with Gasteiger partial charge in [0.05, 0.1) is 35.4 Å². The van der Waals surface area contributed by atoms with E-state index in [0.29, 0.717) is 23.7 Å². The Kier molecular flexibility index (Phi) is 7.00. The van der Waals surface area contributed by atoms with Crippen LogP contribution >= 0.6 is 23.2 Å². The average molecular weight is 516 g/mol. The van der Waals surface area contributed by atoms with Gasteiger partial charge in [0.15, 0.2) is 0 Å². The topological polar surface area (TPSA) is 76.1 Å². The number of ether oxygens (including phenoxy) is 2. The molecule has 1 unspecified atom stereocenters. The fourth-order valence-electron chi connectivity index (χ4n) is 4.01. The van der Waals surface area contributed by atoms with Gasteiger partial charge < -0.3 is 14.6 Å². The third-order valence-electron chi connectivity index (χ3n) is 5.56. The zero-order valence-electron chi connectivity index (χ0n) is 18.7. The highest BCUT2D eigenvalue weighted by atomic mass is 35.5. The predicted molar refractivity (Wildman–Crippen MR) is 132 cm³/mol. The Bertz CT molecular complexity index is 1360. The number of benzene rings is 3. The van der Waals surface area contributed by atoms with Gasteiger partial charge in [-0.3, -0.25) is 14.5 Å². The molecule has 35 heavy (non-hydrogen) atoms. The van der Waals surface area contributed by atoms with E-state index in [4.69, 9.17) is 32.7 Å². The normalized spacial score (nSPS) is 17.1. The summed E-state index contributed by atoms with van der Waals surface area (Å²) in [7, 11) is 1.45. The number of para-hydroxylation sites is 1. The highest BCUT2D eigenvalue weighted by Crippen LogP contribution is 2.46. The van der Waals surface area contributed by atoms with Crippen molar-refractivity contribution in [1.82, 2.24) is 0 Å². The minimum atomic E-state index is -1.11. The molecule has 3 aromatic carbocycles. The van der Waals surface area contributed by atoms with Crippen molar-refractivity contribution in [3.63, 3.8) is 0 Å². The molecule has 0 aromatic heterocycles. The van der Waals surface area contributed by atoms with Crippen molar-refractivity contribution in [2.24, 2.45) is 0 Å². The van der Waals surface area contributed by atoms with E-state index in [1.54, 1.807) is 37.3 Å². The fraction of sp³-hybridized carbons (Fsp3) is 0.154. The number of amides is 1. The lowest BCUT2D eigenvalue weighted by atomic mass is 9.94. The lowest BCUT2D eigenvalue weighted by Crippen LogP contribution is -2.29. The molecule has 0 spiro atoms. The van der Waals surface area contributed by atoms with Crippen LogP contribution in [0, 0.1) is 5.82 Å². The van der Waals surface area contributed by atoms with Crippen molar-refractivity contribution < 1.29 is 28.6 Å². The lowest BCUT2D eigenvalue weighted by Gasteiger charge is -2.27. The second-order valence-corrected chi connectivity index (χ2v) is 8.40. The molecule has 0 radical (unpaired) electrons. The van der Waals surface area contributed by atoms with Crippen molar-refractivity contribution in [2.75, 3.05) is 18.6 Å². The Labute approximate surface area is 211 Å². The van der Waals surface area contributed by atoms with Crippen LogP contribution in [-0.4, -0.2) is 30.5 Å². The Morgan fingerprint density at radius 3 is 2.49 bits per heavy atom. The Morgan fingerprint density at radius 2 is 1.80 bits per heavy atom. The molecule has 9 heteroatoms. The molecule has 180 valence electrons. The minimum absolute atomic E-state index is 0.118. The number of hydrogen-bond acceptors (Lipinski definition) is 5. The van der Waals surface area contributed by atoms with Crippen LogP contribution < -0.4 is 14.4 Å². The number of carbonyl (C=O) groups is 2. The summed E-state index contributed by atoms with van der Waals surface area (Å²) in [4.78, 5) is 27.8. The Hall–Kier alpha value is -3.55. The van der Waals surface area contributed by atoms with E-state index in [2.05, 4.69) is 0 Å². The second kappa shape index (κ2) is 9.98. The second-order valence-electron chi connectivity index (χ2n) is 7.58. The van der Waals surface area contributed by atoms with Gasteiger partial charge in [-0.2, -0.15) is 0 Å². The van der Waals surface area contributed by atoms with Gasteiger partial charge in [0.2, 0.25) is 0 Å². The SMILES string of the molecule is CCOc1ccc(Cl)c(/C(O)=C2\C(=O)C(=O)N(c3ccc(F)c(Cl)c3)C2c2ccccc2OC)c1. The molecule has 1 atom stereocenters. The summed E-state index contributed by atoms with van der Waals surface area (Å²) in [6.07, 6.45) is 0. The van der Waals surface area contributed by atoms with Crippen LogP contribution in [0.5, 0.6) is 11.5 Å². The molecule has 1 heterocycles. The van der Waals surface area contributed by atoms with Gasteiger partial charge in [-0.1, -0.05) is 41.4 Å². The molecule has 1 aliphatic rings. The standard InChI is InChI=1S/C26H20Cl2FNO5/c1-3-35-15-9-10-18(27)17(13-15)24(31)22-23(16-6-4-5-7-21(16)34-2)30(26(33)25(22)32)14-8-11-20(29)19(28)12-14/h4-13,23,31H,3H2,1-2H3/b24-22+. The van der Waals surface area contributed by atoms with Crippen molar-refractivity contribution in [2.45, 2.75) is 13.0 Å². The first-order chi connectivity index (χ1) is 16.8. The van der Waals surface area contributed by atoms with Crippen LogP contribution in [0.4, 0.5) is 10.1 Å². The molecule has 1 fully saturated rings. The number of hydrogen-bond donors (Lipinski definition) is 1. The molecule has 1 aliphatic heterocycles. The van der Waals surface area contributed by atoms with E-state index in [-0.39, 0.29) is 26.9 Å². The first-order valence-electron chi connectivity index (χ1n) is 10.6. The fourth-order valence-corrected chi connectivity index (χ4v) is 4.39. The smallest absolute Gasteiger partial charge is 0.300 e. The number of ketones is 1. The van der Waals surface area contributed by atoms with Crippen molar-refractivity contribution in [3.8, 4) is 11.5 Å². The number of aliphatic hydroxyl groups excluding tert-OH is 1. The summed E-state index contributed by atoms with van der Waals surface area (Å²) in [6, 6.07) is 14.0. The number of Topliss-reactive ketones (excluding diaryl/α,β-unsaturated/α-hetero) is 1. The maximum Gasteiger partial charge on any atom is 0.300 e. The first kappa shape index (κ1) is 24.6. The van der Waals surface area contributed by atoms with Crippen molar-refractivity contribution >= 4 is 46.3 Å². The van der Waals surface area contributed by atoms with Crippen LogP contribution in [0.3, 0.4) is 0 Å². The van der Waals surface area contributed by atoms with Gasteiger partial charge in [0.25, 0.3) is 11.7 Å². The molecule has 0 saturated carbocycles. The van der Waals surface area contributed by atoms with Crippen LogP contribution in [0.2, 0.25) is 10.0 Å². The van der Waals surface area contributed by atoms with Gasteiger partial charge in [-0.15, -0.1) is 0 Å². The summed E-state index contributed by atoms with van der Waals surface area (Å²) in [6.45, 7) is 2.17. The number of carbonyl (C=O) groups excluding carboxylic acids is 2. The highest BCUT2D eigenvalue weighted by Gasteiger charge is 2.48. The number of rotatable bonds is 6. The van der Waals surface area contributed by atoms with E-state index in [0.717, 1.165) is 11.0 Å². The van der Waals surface area contributed by atoms with Crippen LogP contribution in [0.1, 0.15) is 24.1 Å². The van der Waals surface area contributed by atoms with Crippen LogP contribution in [0.15, 0.2) is 66.2 Å². The van der Waals surface area contributed by atoms with E-state index in [9.17, 15) is 19.1 Å². The molecule has 1 N–H and O–H groups in total. The van der Waals surface area contributed by atoms with Gasteiger partial charge in [0, 0.05) is 16.8 Å². The first-order valence-corrected chi connectivity index (χ1v) is 11.4. The molecule has 1 amide bonds. The quantitative estimate of drug-likeness (QED) is 0.241. The maximum atomic E-state index is 13.9. The number of halogens is 3. The van der Waals surface area contributed by atoms with Gasteiger partial charge in [-0.05, 0) is 49.4 Å². The summed E-state index contributed by atoms with van der Waals surface area (Å²) in [5.74, 6) is -2.25. The number of anilines is 1. The third-order valence-corrected chi connectivity index (χ3v) is 6.18. The monoisotopic (exact) mass is 515 g/mol. The van der Waals surface area contributed by atoms with Gasteiger partial charge >= 0.3 is 0 Å². The van der Waals surface area contributed by atoms with E-state index in [1.807, 2.05) is 0 Å². The molecular weight excluding hydrogens is 496 g/mol. The molecule has 0 aliphatic carbocycles. The third kappa shape index (κ3) is 4.45. The average Bonchev–Trinajstić information content (AvgIpc) is 3.12. The molecule has 6 nitrogen and oxygen atoms in total. The number of aliphatic hydroxyl groups is 1. The molecule has 4 rings (SSSR count). The zero-order chi connectivity index (χ0) is 25.3. The Morgan fingerprint density at radius 1 is 1.06 bits per heavy atom. The molecular formula is C26H20Cl2FNO5. The lowest BCUT2D eigenvalue weighted by molar-refractivity contribution is -0.132. The van der Waals surface area contributed by atoms with Crippen molar-refractivity contribution in [1.29, 1.82) is 0 Å². The molecule has 1 saturated heterocycles. The van der Waals surface area contributed by atoms with Crippen LogP contribution in [-0.2, 0) is 9.59 Å². The van der Waals surface area contributed by atoms with E-state index in [1.165, 1.54) is 31.4 Å². The van der Waals surface area contributed by atoms with E-state index < -0.39 is 29.3 Å². The van der Waals surface area contributed by atoms with Crippen LogP contribution in [0.25, 0.3) is 5.76 Å². The van der Waals surface area contributed by atoms with Crippen molar-refractivity contribution in [3.05, 3.63) is 93.2 Å². The summed E-state index contributed by atoms with van der Waals surface area (Å²) in [5, 5.41) is 11.3.